The normalized spacial score (nSPS) is 15.2. The Bertz CT molecular complexity index is 801. The fourth-order valence-electron chi connectivity index (χ4n) is 2.93. The largest absolute Gasteiger partial charge is 0.370 e. The minimum absolute atomic E-state index is 0.0663. The average Bonchev–Trinajstić information content (AvgIpc) is 2.67. The second kappa shape index (κ2) is 8.05. The predicted molar refractivity (Wildman–Crippen MR) is 104 cm³/mol. The van der Waals surface area contributed by atoms with Crippen molar-refractivity contribution in [3.05, 3.63) is 69.2 Å². The minimum atomic E-state index is -0.397. The second-order valence-corrected chi connectivity index (χ2v) is 6.45. The Labute approximate surface area is 156 Å². The number of hydrogen-bond donors (Lipinski definition) is 1. The van der Waals surface area contributed by atoms with Crippen molar-refractivity contribution in [2.45, 2.75) is 6.54 Å². The third kappa shape index (κ3) is 4.23. The maximum Gasteiger partial charge on any atom is 0.274 e. The molecule has 2 N–H and O–H groups in total. The molecule has 0 bridgehead atoms. The number of nitrogens with zero attached hydrogens (tertiary/aromatic N) is 4. The van der Waals surface area contributed by atoms with Crippen molar-refractivity contribution >= 4 is 28.9 Å². The molecule has 1 heterocycles. The van der Waals surface area contributed by atoms with Crippen LogP contribution in [0.15, 0.2) is 53.5 Å². The molecule has 2 aromatic carbocycles. The van der Waals surface area contributed by atoms with Gasteiger partial charge in [0.15, 0.2) is 5.96 Å². The molecule has 0 atom stereocenters. The number of nitro benzene ring substituents is 1. The van der Waals surface area contributed by atoms with E-state index in [1.165, 1.54) is 6.07 Å². The molecule has 1 fully saturated rings. The van der Waals surface area contributed by atoms with Crippen LogP contribution in [0.2, 0.25) is 5.02 Å². The molecular weight excluding hydrogens is 354 g/mol. The summed E-state index contributed by atoms with van der Waals surface area (Å²) in [6, 6.07) is 14.4. The summed E-state index contributed by atoms with van der Waals surface area (Å²) >= 11 is 5.93. The first kappa shape index (κ1) is 18.0. The Balaban J connectivity index is 1.60. The van der Waals surface area contributed by atoms with E-state index in [-0.39, 0.29) is 12.2 Å². The van der Waals surface area contributed by atoms with Crippen molar-refractivity contribution in [2.75, 3.05) is 31.1 Å². The summed E-state index contributed by atoms with van der Waals surface area (Å²) in [4.78, 5) is 19.3. The number of guanidine groups is 1. The molecule has 0 radical (unpaired) electrons. The number of anilines is 1. The van der Waals surface area contributed by atoms with Gasteiger partial charge in [-0.25, -0.2) is 4.99 Å². The molecule has 0 aromatic heterocycles. The highest BCUT2D eigenvalue weighted by atomic mass is 35.5. The highest BCUT2D eigenvalue weighted by molar-refractivity contribution is 6.30. The van der Waals surface area contributed by atoms with Crippen LogP contribution in [0.1, 0.15) is 5.56 Å². The van der Waals surface area contributed by atoms with Gasteiger partial charge in [0.25, 0.3) is 5.69 Å². The van der Waals surface area contributed by atoms with Gasteiger partial charge in [0, 0.05) is 43.0 Å². The van der Waals surface area contributed by atoms with Crippen molar-refractivity contribution < 1.29 is 4.92 Å². The summed E-state index contributed by atoms with van der Waals surface area (Å²) in [5.74, 6) is 0.416. The third-order valence-corrected chi connectivity index (χ3v) is 4.65. The van der Waals surface area contributed by atoms with Gasteiger partial charge >= 0.3 is 0 Å². The van der Waals surface area contributed by atoms with Crippen LogP contribution in [-0.4, -0.2) is 42.0 Å². The summed E-state index contributed by atoms with van der Waals surface area (Å²) in [6.07, 6.45) is 0. The van der Waals surface area contributed by atoms with Crippen molar-refractivity contribution in [1.82, 2.24) is 4.90 Å². The lowest BCUT2D eigenvalue weighted by atomic mass is 10.2. The predicted octanol–water partition coefficient (Wildman–Crippen LogP) is 2.89. The molecule has 1 aliphatic rings. The number of nitrogens with two attached hydrogens (primary N) is 1. The molecular formula is C18H20ClN5O2. The first-order chi connectivity index (χ1) is 12.5. The maximum absolute atomic E-state index is 11.1. The zero-order chi connectivity index (χ0) is 18.5. The molecule has 0 spiro atoms. The van der Waals surface area contributed by atoms with Crippen molar-refractivity contribution in [3.63, 3.8) is 0 Å². The molecule has 0 saturated carbocycles. The van der Waals surface area contributed by atoms with E-state index in [9.17, 15) is 10.1 Å². The number of halogens is 1. The average molecular weight is 374 g/mol. The molecule has 136 valence electrons. The lowest BCUT2D eigenvalue weighted by Crippen LogP contribution is -2.51. The molecule has 3 rings (SSSR count). The topological polar surface area (TPSA) is 88.0 Å². The molecule has 2 aromatic rings. The zero-order valence-corrected chi connectivity index (χ0v) is 15.0. The standard InChI is InChI=1S/C18H20ClN5O2/c19-15-5-7-16(8-6-15)22-9-11-23(12-10-22)18(20)21-13-14-3-1-2-4-17(14)24(25)26/h1-8H,9-13H2,(H2,20,21). The van der Waals surface area contributed by atoms with Crippen LogP contribution in [0.3, 0.4) is 0 Å². The number of piperazine rings is 1. The van der Waals surface area contributed by atoms with Gasteiger partial charge in [-0.15, -0.1) is 0 Å². The van der Waals surface area contributed by atoms with Gasteiger partial charge in [-0.3, -0.25) is 10.1 Å². The van der Waals surface area contributed by atoms with Crippen LogP contribution in [-0.2, 0) is 6.54 Å². The molecule has 7 nitrogen and oxygen atoms in total. The van der Waals surface area contributed by atoms with E-state index in [2.05, 4.69) is 9.89 Å². The van der Waals surface area contributed by atoms with E-state index in [4.69, 9.17) is 17.3 Å². The summed E-state index contributed by atoms with van der Waals surface area (Å²) in [5, 5.41) is 11.8. The van der Waals surface area contributed by atoms with E-state index in [0.29, 0.717) is 11.5 Å². The molecule has 0 amide bonds. The fourth-order valence-corrected chi connectivity index (χ4v) is 3.06. The number of hydrogen-bond acceptors (Lipinski definition) is 4. The van der Waals surface area contributed by atoms with Crippen LogP contribution < -0.4 is 10.6 Å². The number of aliphatic imine (C=N–C) groups is 1. The van der Waals surface area contributed by atoms with Gasteiger partial charge in [0.05, 0.1) is 17.0 Å². The number of para-hydroxylation sites is 1. The Morgan fingerprint density at radius 3 is 2.42 bits per heavy atom. The molecule has 1 saturated heterocycles. The summed E-state index contributed by atoms with van der Waals surface area (Å²) in [7, 11) is 0. The van der Waals surface area contributed by atoms with Gasteiger partial charge in [0.1, 0.15) is 0 Å². The van der Waals surface area contributed by atoms with Crippen molar-refractivity contribution in [3.8, 4) is 0 Å². The van der Waals surface area contributed by atoms with E-state index in [1.54, 1.807) is 18.2 Å². The highest BCUT2D eigenvalue weighted by Crippen LogP contribution is 2.20. The SMILES string of the molecule is NC(=NCc1ccccc1[N+](=O)[O-])N1CCN(c2ccc(Cl)cc2)CC1. The van der Waals surface area contributed by atoms with Crippen LogP contribution in [0.5, 0.6) is 0 Å². The molecule has 0 unspecified atom stereocenters. The summed E-state index contributed by atoms with van der Waals surface area (Å²) < 4.78 is 0. The maximum atomic E-state index is 11.1. The first-order valence-electron chi connectivity index (χ1n) is 8.32. The van der Waals surface area contributed by atoms with Crippen molar-refractivity contribution in [2.24, 2.45) is 10.7 Å². The van der Waals surface area contributed by atoms with E-state index in [0.717, 1.165) is 36.9 Å². The monoisotopic (exact) mass is 373 g/mol. The fraction of sp³-hybridized carbons (Fsp3) is 0.278. The molecule has 26 heavy (non-hydrogen) atoms. The van der Waals surface area contributed by atoms with Crippen LogP contribution in [0.4, 0.5) is 11.4 Å². The lowest BCUT2D eigenvalue weighted by molar-refractivity contribution is -0.385. The first-order valence-corrected chi connectivity index (χ1v) is 8.70. The van der Waals surface area contributed by atoms with Crippen molar-refractivity contribution in [1.29, 1.82) is 0 Å². The Hall–Kier alpha value is -2.80. The van der Waals surface area contributed by atoms with Crippen LogP contribution in [0, 0.1) is 10.1 Å². The van der Waals surface area contributed by atoms with Crippen LogP contribution in [0.25, 0.3) is 0 Å². The number of rotatable bonds is 4. The summed E-state index contributed by atoms with van der Waals surface area (Å²) in [6.45, 7) is 3.33. The minimum Gasteiger partial charge on any atom is -0.370 e. The number of nitro groups is 1. The lowest BCUT2D eigenvalue weighted by Gasteiger charge is -2.36. The highest BCUT2D eigenvalue weighted by Gasteiger charge is 2.19. The smallest absolute Gasteiger partial charge is 0.274 e. The van der Waals surface area contributed by atoms with E-state index < -0.39 is 4.92 Å². The zero-order valence-electron chi connectivity index (χ0n) is 14.2. The Morgan fingerprint density at radius 1 is 1.12 bits per heavy atom. The Morgan fingerprint density at radius 2 is 1.77 bits per heavy atom. The van der Waals surface area contributed by atoms with Gasteiger partial charge in [-0.1, -0.05) is 29.8 Å². The van der Waals surface area contributed by atoms with E-state index in [1.807, 2.05) is 29.2 Å². The second-order valence-electron chi connectivity index (χ2n) is 6.01. The van der Waals surface area contributed by atoms with Gasteiger partial charge in [-0.05, 0) is 24.3 Å². The third-order valence-electron chi connectivity index (χ3n) is 4.40. The molecule has 1 aliphatic heterocycles. The quantitative estimate of drug-likeness (QED) is 0.385. The summed E-state index contributed by atoms with van der Waals surface area (Å²) in [5.41, 5.74) is 7.85. The van der Waals surface area contributed by atoms with Gasteiger partial charge in [0.2, 0.25) is 0 Å². The molecule has 0 aliphatic carbocycles. The number of benzene rings is 2. The van der Waals surface area contributed by atoms with Gasteiger partial charge in [-0.2, -0.15) is 0 Å². The van der Waals surface area contributed by atoms with E-state index >= 15 is 0 Å². The van der Waals surface area contributed by atoms with Gasteiger partial charge < -0.3 is 15.5 Å². The Kier molecular flexibility index (Phi) is 5.58. The van der Waals surface area contributed by atoms with Crippen LogP contribution >= 0.6 is 11.6 Å². The molecule has 8 heteroatoms.